The maximum atomic E-state index is 3.90. The quantitative estimate of drug-likeness (QED) is 0.183. The molecule has 3 nitrogen and oxygen atoms in total. The van der Waals surface area contributed by atoms with E-state index in [2.05, 4.69) is 222 Å². The molecule has 1 N–H and O–H groups in total. The Kier molecular flexibility index (Phi) is 7.46. The summed E-state index contributed by atoms with van der Waals surface area (Å²) in [5.41, 5.74) is 18.1. The molecular weight excluding hydrogens is 839 g/mol. The highest BCUT2D eigenvalue weighted by atomic mass is 32.1. The minimum atomic E-state index is 1.14. The van der Waals surface area contributed by atoms with Gasteiger partial charge in [0.15, 0.2) is 0 Å². The summed E-state index contributed by atoms with van der Waals surface area (Å²) < 4.78 is 7.75. The van der Waals surface area contributed by atoms with Crippen LogP contribution in [0.2, 0.25) is 0 Å². The van der Waals surface area contributed by atoms with Crippen molar-refractivity contribution in [1.29, 1.82) is 0 Å². The van der Waals surface area contributed by atoms with E-state index in [1.54, 1.807) is 0 Å². The second kappa shape index (κ2) is 13.5. The number of hydrogen-bond donors (Lipinski definition) is 1. The molecule has 9 aromatic carbocycles. The van der Waals surface area contributed by atoms with Crippen molar-refractivity contribution in [1.82, 2.24) is 9.55 Å². The highest BCUT2D eigenvalue weighted by Crippen LogP contribution is 2.50. The van der Waals surface area contributed by atoms with E-state index in [1.807, 2.05) is 22.7 Å². The highest BCUT2D eigenvalue weighted by Gasteiger charge is 2.29. The third-order valence-corrected chi connectivity index (χ3v) is 16.6. The summed E-state index contributed by atoms with van der Waals surface area (Å²) in [6.07, 6.45) is 8.87. The van der Waals surface area contributed by atoms with Crippen LogP contribution >= 0.6 is 22.7 Å². The van der Waals surface area contributed by atoms with Crippen molar-refractivity contribution in [2.24, 2.45) is 0 Å². The number of thiophene rings is 2. The minimum Gasteiger partial charge on any atom is -0.354 e. The van der Waals surface area contributed by atoms with Gasteiger partial charge < -0.3 is 14.5 Å². The number of para-hydroxylation sites is 2. The van der Waals surface area contributed by atoms with Crippen molar-refractivity contribution in [3.63, 3.8) is 0 Å². The van der Waals surface area contributed by atoms with E-state index in [9.17, 15) is 0 Å². The molecule has 0 atom stereocenters. The van der Waals surface area contributed by atoms with Gasteiger partial charge in [-0.15, -0.1) is 22.7 Å². The number of hydrogen-bond acceptors (Lipinski definition) is 3. The second-order valence-corrected chi connectivity index (χ2v) is 19.9. The lowest BCUT2D eigenvalue weighted by molar-refractivity contribution is 1.05. The number of nitrogens with one attached hydrogen (secondary N) is 1. The van der Waals surface area contributed by atoms with Gasteiger partial charge in [0, 0.05) is 101 Å². The van der Waals surface area contributed by atoms with Crippen molar-refractivity contribution in [2.75, 3.05) is 4.90 Å². The molecule has 2 bridgehead atoms. The zero-order chi connectivity index (χ0) is 43.2. The SMILES string of the molecule is Cc1ccc2c(sc3ccccc32)c1-c1cc(-c2cc(-c3ccc4c(c3)c3c5sc6ccccc6c5ccc3n4-c3ccccc3)c3[nH]c4ccccc4c3c2)ccc1N1c2cccc1c2. The Labute approximate surface area is 387 Å². The Morgan fingerprint density at radius 1 is 0.485 bits per heavy atom. The van der Waals surface area contributed by atoms with Crippen LogP contribution < -0.4 is 4.90 Å². The largest absolute Gasteiger partial charge is 0.354 e. The molecule has 0 unspecified atom stereocenters. The normalized spacial score (nSPS) is 13.6. The highest BCUT2D eigenvalue weighted by molar-refractivity contribution is 7.27. The molecule has 0 amide bonds. The predicted molar refractivity (Wildman–Crippen MR) is 285 cm³/mol. The van der Waals surface area contributed by atoms with Crippen LogP contribution in [0, 0.1) is 6.92 Å². The molecule has 2 aliphatic heterocycles. The van der Waals surface area contributed by atoms with Gasteiger partial charge in [0.25, 0.3) is 0 Å². The van der Waals surface area contributed by atoms with Crippen LogP contribution in [0.4, 0.5) is 5.69 Å². The lowest BCUT2D eigenvalue weighted by Crippen LogP contribution is -2.30. The van der Waals surface area contributed by atoms with E-state index in [1.165, 1.54) is 129 Å². The van der Waals surface area contributed by atoms with Crippen molar-refractivity contribution in [3.05, 3.63) is 217 Å². The number of fused-ring (bicyclic) bond motifs is 15. The maximum absolute atomic E-state index is 3.90. The number of aromatic amines is 1. The van der Waals surface area contributed by atoms with Gasteiger partial charge in [0.2, 0.25) is 0 Å². The molecule has 0 radical (unpaired) electrons. The van der Waals surface area contributed by atoms with Crippen molar-refractivity contribution >= 4 is 112 Å². The first-order valence-corrected chi connectivity index (χ1v) is 24.2. The molecule has 0 saturated heterocycles. The molecule has 0 aliphatic carbocycles. The topological polar surface area (TPSA) is 24.0 Å². The van der Waals surface area contributed by atoms with Crippen LogP contribution in [0.15, 0.2) is 212 Å². The van der Waals surface area contributed by atoms with Crippen LogP contribution in [-0.4, -0.2) is 9.55 Å². The molecule has 15 rings (SSSR count). The number of aromatic nitrogens is 2. The molecule has 66 heavy (non-hydrogen) atoms. The standard InChI is InChI=1S/C61H37N3S2/c1-35-22-25-45-43-17-6-9-20-55(43)65-60(45)57(35)49-30-36(23-27-52(49)63-40-14-11-15-41(63)34-40)38-32-47(59-48(33-38)42-16-5-8-19-51(42)62-59)37-24-28-53-50(31-37)58-54(64(53)39-12-3-2-4-13-39)29-26-46-44-18-7-10-21-56(44)66-61(46)58/h2-34,62H,1H3. The van der Waals surface area contributed by atoms with Crippen LogP contribution in [0.3, 0.4) is 0 Å². The maximum Gasteiger partial charge on any atom is 0.0555 e. The first kappa shape index (κ1) is 36.4. The van der Waals surface area contributed by atoms with Crippen molar-refractivity contribution in [3.8, 4) is 39.1 Å². The van der Waals surface area contributed by atoms with Gasteiger partial charge in [-0.3, -0.25) is 0 Å². The van der Waals surface area contributed by atoms with Crippen molar-refractivity contribution in [2.45, 2.75) is 6.92 Å². The summed E-state index contributed by atoms with van der Waals surface area (Å²) in [6, 6.07) is 65.7. The molecule has 13 aromatic rings. The minimum absolute atomic E-state index is 1.14. The Balaban J connectivity index is 0.998. The Bertz CT molecular complexity index is 4350. The Morgan fingerprint density at radius 3 is 1.97 bits per heavy atom. The number of benzene rings is 9. The predicted octanol–water partition coefficient (Wildman–Crippen LogP) is 17.6. The van der Waals surface area contributed by atoms with Gasteiger partial charge in [-0.2, -0.15) is 0 Å². The molecule has 308 valence electrons. The lowest BCUT2D eigenvalue weighted by atomic mass is 9.89. The number of rotatable bonds is 5. The first-order valence-electron chi connectivity index (χ1n) is 22.6. The van der Waals surface area contributed by atoms with E-state index >= 15 is 0 Å². The van der Waals surface area contributed by atoms with Gasteiger partial charge >= 0.3 is 0 Å². The molecule has 2 aliphatic rings. The van der Waals surface area contributed by atoms with Gasteiger partial charge in [0.05, 0.1) is 22.2 Å². The number of aryl methyl sites for hydroxylation is 1. The van der Waals surface area contributed by atoms with E-state index in [0.717, 1.165) is 16.7 Å². The van der Waals surface area contributed by atoms with Crippen LogP contribution in [0.1, 0.15) is 5.56 Å². The summed E-state index contributed by atoms with van der Waals surface area (Å²) in [5.74, 6) is 0. The monoisotopic (exact) mass is 875 g/mol. The zero-order valence-corrected chi connectivity index (χ0v) is 37.4. The van der Waals surface area contributed by atoms with Crippen LogP contribution in [0.5, 0.6) is 0 Å². The van der Waals surface area contributed by atoms with E-state index in [-0.39, 0.29) is 0 Å². The Hall–Kier alpha value is -7.96. The number of anilines is 1. The first-order chi connectivity index (χ1) is 32.6. The smallest absolute Gasteiger partial charge is 0.0555 e. The zero-order valence-electron chi connectivity index (χ0n) is 35.8. The summed E-state index contributed by atoms with van der Waals surface area (Å²) in [4.78, 5) is 6.32. The van der Waals surface area contributed by atoms with Crippen molar-refractivity contribution < 1.29 is 0 Å². The third-order valence-electron chi connectivity index (χ3n) is 14.2. The molecule has 6 heterocycles. The Morgan fingerprint density at radius 2 is 1.17 bits per heavy atom. The average Bonchev–Trinajstić information content (AvgIpc) is 4.13. The molecule has 0 saturated carbocycles. The molecule has 5 heteroatoms. The summed E-state index contributed by atoms with van der Waals surface area (Å²) >= 11 is 3.81. The molecule has 0 fully saturated rings. The van der Waals surface area contributed by atoms with Crippen LogP contribution in [-0.2, 0) is 0 Å². The summed E-state index contributed by atoms with van der Waals surface area (Å²) in [7, 11) is 0. The summed E-state index contributed by atoms with van der Waals surface area (Å²) in [6.45, 7) is 2.28. The number of H-pyrrole nitrogens is 1. The molecular formula is C61H37N3S2. The third kappa shape index (κ3) is 5.07. The van der Waals surface area contributed by atoms with Gasteiger partial charge in [0.1, 0.15) is 0 Å². The fourth-order valence-electron chi connectivity index (χ4n) is 11.1. The van der Waals surface area contributed by atoms with E-state index in [4.69, 9.17) is 0 Å². The number of nitrogens with zero attached hydrogens (tertiary/aromatic N) is 2. The molecule has 4 aromatic heterocycles. The van der Waals surface area contributed by atoms with Gasteiger partial charge in [-0.1, -0.05) is 109 Å². The fraction of sp³-hybridized carbons (Fsp3) is 0.0164. The fourth-order valence-corrected chi connectivity index (χ4v) is 13.7. The van der Waals surface area contributed by atoms with E-state index in [0.29, 0.717) is 0 Å². The van der Waals surface area contributed by atoms with Gasteiger partial charge in [-0.05, 0) is 120 Å². The average molecular weight is 876 g/mol. The van der Waals surface area contributed by atoms with E-state index < -0.39 is 0 Å². The van der Waals surface area contributed by atoms with Gasteiger partial charge in [-0.25, -0.2) is 0 Å². The lowest BCUT2D eigenvalue weighted by Gasteiger charge is -2.38. The number of allylic oxidation sites excluding steroid dienone is 4. The molecule has 0 spiro atoms. The summed E-state index contributed by atoms with van der Waals surface area (Å²) in [5, 5.41) is 10.3. The second-order valence-electron chi connectivity index (χ2n) is 17.8. The van der Waals surface area contributed by atoms with Crippen LogP contribution in [0.25, 0.3) is 123 Å².